The van der Waals surface area contributed by atoms with Gasteiger partial charge < -0.3 is 10.1 Å². The van der Waals surface area contributed by atoms with Crippen molar-refractivity contribution >= 4 is 15.9 Å². The number of hydrogen-bond acceptors (Lipinski definition) is 2. The highest BCUT2D eigenvalue weighted by Gasteiger charge is 2.13. The maximum absolute atomic E-state index is 6.16. The van der Waals surface area contributed by atoms with Crippen molar-refractivity contribution < 1.29 is 4.74 Å². The number of benzene rings is 1. The molecule has 0 aliphatic carbocycles. The molecule has 2 nitrogen and oxygen atoms in total. The lowest BCUT2D eigenvalue weighted by Gasteiger charge is -2.21. The highest BCUT2D eigenvalue weighted by molar-refractivity contribution is 9.10. The lowest BCUT2D eigenvalue weighted by molar-refractivity contribution is 0.0300. The van der Waals surface area contributed by atoms with Gasteiger partial charge >= 0.3 is 0 Å². The van der Waals surface area contributed by atoms with E-state index in [1.165, 1.54) is 18.4 Å². The Kier molecular flexibility index (Phi) is 9.16. The molecular weight excluding hydrogens is 314 g/mol. The summed E-state index contributed by atoms with van der Waals surface area (Å²) in [6.07, 6.45) is 3.74. The average Bonchev–Trinajstić information content (AvgIpc) is 2.43. The van der Waals surface area contributed by atoms with E-state index in [-0.39, 0.29) is 6.10 Å². The molecular formula is C17H28BrNO. The van der Waals surface area contributed by atoms with Gasteiger partial charge in [0, 0.05) is 11.0 Å². The maximum Gasteiger partial charge on any atom is 0.0949 e. The molecule has 0 aliphatic heterocycles. The van der Waals surface area contributed by atoms with Crippen molar-refractivity contribution in [2.75, 3.05) is 19.7 Å². The summed E-state index contributed by atoms with van der Waals surface area (Å²) in [5, 5.41) is 3.47. The predicted molar refractivity (Wildman–Crippen MR) is 90.1 cm³/mol. The van der Waals surface area contributed by atoms with Crippen LogP contribution in [0.1, 0.15) is 51.7 Å². The third-order valence-corrected chi connectivity index (χ3v) is 3.83. The molecule has 0 amide bonds. The lowest BCUT2D eigenvalue weighted by Crippen LogP contribution is -2.25. The Balaban J connectivity index is 2.59. The molecule has 1 aromatic carbocycles. The van der Waals surface area contributed by atoms with Crippen LogP contribution in [0.3, 0.4) is 0 Å². The molecule has 3 heteroatoms. The largest absolute Gasteiger partial charge is 0.372 e. The molecule has 1 N–H and O–H groups in total. The van der Waals surface area contributed by atoms with Gasteiger partial charge in [0.2, 0.25) is 0 Å². The van der Waals surface area contributed by atoms with Crippen LogP contribution in [-0.2, 0) is 4.74 Å². The molecule has 0 fully saturated rings. The normalized spacial score (nSPS) is 14.2. The van der Waals surface area contributed by atoms with Gasteiger partial charge in [0.15, 0.2) is 0 Å². The van der Waals surface area contributed by atoms with Crippen molar-refractivity contribution in [3.63, 3.8) is 0 Å². The first kappa shape index (κ1) is 17.7. The quantitative estimate of drug-likeness (QED) is 0.608. The van der Waals surface area contributed by atoms with E-state index in [0.717, 1.165) is 30.6 Å². The first-order valence-electron chi connectivity index (χ1n) is 7.75. The summed E-state index contributed by atoms with van der Waals surface area (Å²) in [4.78, 5) is 0. The summed E-state index contributed by atoms with van der Waals surface area (Å²) >= 11 is 3.54. The number of halogens is 1. The van der Waals surface area contributed by atoms with Gasteiger partial charge in [0.05, 0.1) is 12.7 Å². The minimum atomic E-state index is 0.137. The molecule has 0 aliphatic rings. The van der Waals surface area contributed by atoms with Gasteiger partial charge in [-0.15, -0.1) is 0 Å². The third-order valence-electron chi connectivity index (χ3n) is 3.34. The van der Waals surface area contributed by atoms with Crippen molar-refractivity contribution in [2.45, 2.75) is 46.1 Å². The summed E-state index contributed by atoms with van der Waals surface area (Å²) in [5.74, 6) is 0.626. The molecule has 0 saturated carbocycles. The van der Waals surface area contributed by atoms with Crippen molar-refractivity contribution in [1.82, 2.24) is 5.32 Å². The Morgan fingerprint density at radius 2 is 2.05 bits per heavy atom. The van der Waals surface area contributed by atoms with E-state index >= 15 is 0 Å². The Labute approximate surface area is 132 Å². The minimum absolute atomic E-state index is 0.137. The fraction of sp³-hybridized carbons (Fsp3) is 0.647. The van der Waals surface area contributed by atoms with Crippen LogP contribution in [0.2, 0.25) is 0 Å². The fourth-order valence-electron chi connectivity index (χ4n) is 2.25. The standard InChI is InChI=1S/C17H28BrNO/c1-4-7-14(3)13-20-17(12-19-10-5-2)15-8-6-9-16(18)11-15/h6,8-9,11,14,17,19H,4-5,7,10,12-13H2,1-3H3. The van der Waals surface area contributed by atoms with Crippen LogP contribution in [0.15, 0.2) is 28.7 Å². The lowest BCUT2D eigenvalue weighted by atomic mass is 10.1. The number of nitrogens with one attached hydrogen (secondary N) is 1. The van der Waals surface area contributed by atoms with Crippen LogP contribution >= 0.6 is 15.9 Å². The van der Waals surface area contributed by atoms with Gasteiger partial charge in [-0.3, -0.25) is 0 Å². The van der Waals surface area contributed by atoms with Gasteiger partial charge in [-0.2, -0.15) is 0 Å². The number of ether oxygens (including phenoxy) is 1. The van der Waals surface area contributed by atoms with E-state index in [0.29, 0.717) is 5.92 Å². The molecule has 0 radical (unpaired) electrons. The molecule has 2 unspecified atom stereocenters. The smallest absolute Gasteiger partial charge is 0.0949 e. The summed E-state index contributed by atoms with van der Waals surface area (Å²) in [5.41, 5.74) is 1.24. The zero-order valence-electron chi connectivity index (χ0n) is 13.0. The molecule has 1 rings (SSSR count). The monoisotopic (exact) mass is 341 g/mol. The molecule has 0 aromatic heterocycles. The van der Waals surface area contributed by atoms with Crippen LogP contribution in [-0.4, -0.2) is 19.7 Å². The predicted octanol–water partition coefficient (Wildman–Crippen LogP) is 4.94. The second kappa shape index (κ2) is 10.4. The van der Waals surface area contributed by atoms with E-state index in [2.05, 4.69) is 66.3 Å². The van der Waals surface area contributed by atoms with Gasteiger partial charge in [0.1, 0.15) is 0 Å². The van der Waals surface area contributed by atoms with Crippen molar-refractivity contribution in [2.24, 2.45) is 5.92 Å². The molecule has 0 heterocycles. The van der Waals surface area contributed by atoms with Crippen LogP contribution in [0, 0.1) is 5.92 Å². The van der Waals surface area contributed by atoms with E-state index in [9.17, 15) is 0 Å². The SMILES string of the molecule is CCCNCC(OCC(C)CCC)c1cccc(Br)c1. The molecule has 20 heavy (non-hydrogen) atoms. The van der Waals surface area contributed by atoms with Crippen LogP contribution < -0.4 is 5.32 Å². The highest BCUT2D eigenvalue weighted by atomic mass is 79.9. The zero-order chi connectivity index (χ0) is 14.8. The summed E-state index contributed by atoms with van der Waals surface area (Å²) in [6, 6.07) is 8.43. The van der Waals surface area contributed by atoms with Gasteiger partial charge in [-0.1, -0.05) is 55.3 Å². The first-order valence-corrected chi connectivity index (χ1v) is 8.54. The molecule has 114 valence electrons. The summed E-state index contributed by atoms with van der Waals surface area (Å²) in [6.45, 7) is 9.43. The highest BCUT2D eigenvalue weighted by Crippen LogP contribution is 2.22. The average molecular weight is 342 g/mol. The Morgan fingerprint density at radius 1 is 1.25 bits per heavy atom. The maximum atomic E-state index is 6.16. The summed E-state index contributed by atoms with van der Waals surface area (Å²) in [7, 11) is 0. The Hall–Kier alpha value is -0.380. The molecule has 0 bridgehead atoms. The molecule has 0 spiro atoms. The van der Waals surface area contributed by atoms with E-state index in [4.69, 9.17) is 4.74 Å². The Bertz CT molecular complexity index is 370. The second-order valence-corrected chi connectivity index (χ2v) is 6.39. The van der Waals surface area contributed by atoms with E-state index in [1.54, 1.807) is 0 Å². The third kappa shape index (κ3) is 6.87. The fourth-order valence-corrected chi connectivity index (χ4v) is 2.66. The topological polar surface area (TPSA) is 21.3 Å². The number of rotatable bonds is 10. The summed E-state index contributed by atoms with van der Waals surface area (Å²) < 4.78 is 7.27. The van der Waals surface area contributed by atoms with Crippen LogP contribution in [0.5, 0.6) is 0 Å². The molecule has 2 atom stereocenters. The van der Waals surface area contributed by atoms with Crippen molar-refractivity contribution in [3.05, 3.63) is 34.3 Å². The van der Waals surface area contributed by atoms with Gasteiger partial charge in [-0.05, 0) is 43.0 Å². The van der Waals surface area contributed by atoms with Gasteiger partial charge in [0.25, 0.3) is 0 Å². The van der Waals surface area contributed by atoms with Crippen LogP contribution in [0.4, 0.5) is 0 Å². The molecule has 0 saturated heterocycles. The van der Waals surface area contributed by atoms with E-state index in [1.807, 2.05) is 0 Å². The minimum Gasteiger partial charge on any atom is -0.372 e. The first-order chi connectivity index (χ1) is 9.67. The van der Waals surface area contributed by atoms with Gasteiger partial charge in [-0.25, -0.2) is 0 Å². The number of hydrogen-bond donors (Lipinski definition) is 1. The van der Waals surface area contributed by atoms with Crippen molar-refractivity contribution in [3.8, 4) is 0 Å². The second-order valence-electron chi connectivity index (χ2n) is 5.47. The van der Waals surface area contributed by atoms with Crippen LogP contribution in [0.25, 0.3) is 0 Å². The Morgan fingerprint density at radius 3 is 2.70 bits per heavy atom. The van der Waals surface area contributed by atoms with Crippen molar-refractivity contribution in [1.29, 1.82) is 0 Å². The molecule has 1 aromatic rings. The zero-order valence-corrected chi connectivity index (χ0v) is 14.6. The van der Waals surface area contributed by atoms with E-state index < -0.39 is 0 Å².